The number of nitrogens with zero attached hydrogens (tertiary/aromatic N) is 2. The molecule has 1 aromatic rings. The summed E-state index contributed by atoms with van der Waals surface area (Å²) in [5, 5.41) is 9.92. The smallest absolute Gasteiger partial charge is 0.115 e. The Morgan fingerprint density at radius 3 is 2.81 bits per heavy atom. The average molecular weight is 220 g/mol. The van der Waals surface area contributed by atoms with Crippen LogP contribution in [0.25, 0.3) is 0 Å². The van der Waals surface area contributed by atoms with Gasteiger partial charge in [0.15, 0.2) is 0 Å². The maximum absolute atomic E-state index is 9.92. The first-order valence-corrected chi connectivity index (χ1v) is 6.24. The van der Waals surface area contributed by atoms with Crippen LogP contribution in [-0.2, 0) is 12.8 Å². The molecular formula is C13H20N2O. The van der Waals surface area contributed by atoms with E-state index >= 15 is 0 Å². The third kappa shape index (κ3) is 2.09. The molecular weight excluding hydrogens is 200 g/mol. The fourth-order valence-corrected chi connectivity index (χ4v) is 2.47. The van der Waals surface area contributed by atoms with E-state index in [-0.39, 0.29) is 12.0 Å². The van der Waals surface area contributed by atoms with E-state index in [1.807, 2.05) is 6.92 Å². The Balaban J connectivity index is 2.33. The fraction of sp³-hybridized carbons (Fsp3) is 0.692. The van der Waals surface area contributed by atoms with Crippen molar-refractivity contribution < 1.29 is 5.11 Å². The Bertz CT molecular complexity index is 365. The highest BCUT2D eigenvalue weighted by molar-refractivity contribution is 5.29. The van der Waals surface area contributed by atoms with Gasteiger partial charge in [-0.05, 0) is 37.7 Å². The standard InChI is InChI=1S/C13H20N2O/c1-3-12(16)9(2)13-10-6-4-5-7-11(10)14-8-15-13/h8-9,12,16H,3-7H2,1-2H3. The Kier molecular flexibility index (Phi) is 3.54. The van der Waals surface area contributed by atoms with Crippen LogP contribution in [0.1, 0.15) is 56.0 Å². The molecule has 0 aliphatic heterocycles. The van der Waals surface area contributed by atoms with E-state index in [0.717, 1.165) is 25.0 Å². The maximum atomic E-state index is 9.92. The summed E-state index contributed by atoms with van der Waals surface area (Å²) in [4.78, 5) is 8.74. The molecule has 1 aromatic heterocycles. The molecule has 0 fully saturated rings. The zero-order valence-corrected chi connectivity index (χ0v) is 10.1. The molecule has 2 unspecified atom stereocenters. The Morgan fingerprint density at radius 1 is 1.31 bits per heavy atom. The molecule has 0 aromatic carbocycles. The highest BCUT2D eigenvalue weighted by Gasteiger charge is 2.22. The second kappa shape index (κ2) is 4.91. The van der Waals surface area contributed by atoms with Crippen molar-refractivity contribution in [3.63, 3.8) is 0 Å². The molecule has 0 amide bonds. The summed E-state index contributed by atoms with van der Waals surface area (Å²) < 4.78 is 0. The van der Waals surface area contributed by atoms with Crippen LogP contribution in [0, 0.1) is 0 Å². The van der Waals surface area contributed by atoms with E-state index in [0.29, 0.717) is 0 Å². The van der Waals surface area contributed by atoms with Crippen LogP contribution in [-0.4, -0.2) is 21.2 Å². The van der Waals surface area contributed by atoms with Gasteiger partial charge in [0.2, 0.25) is 0 Å². The van der Waals surface area contributed by atoms with Crippen molar-refractivity contribution in [2.45, 2.75) is 58.0 Å². The quantitative estimate of drug-likeness (QED) is 0.849. The topological polar surface area (TPSA) is 46.0 Å². The Labute approximate surface area is 96.9 Å². The molecule has 16 heavy (non-hydrogen) atoms. The predicted molar refractivity (Wildman–Crippen MR) is 63.4 cm³/mol. The highest BCUT2D eigenvalue weighted by atomic mass is 16.3. The zero-order valence-electron chi connectivity index (χ0n) is 10.1. The van der Waals surface area contributed by atoms with Crippen LogP contribution >= 0.6 is 0 Å². The summed E-state index contributed by atoms with van der Waals surface area (Å²) in [6, 6.07) is 0. The summed E-state index contributed by atoms with van der Waals surface area (Å²) in [5.41, 5.74) is 3.57. The molecule has 0 saturated heterocycles. The summed E-state index contributed by atoms with van der Waals surface area (Å²) >= 11 is 0. The lowest BCUT2D eigenvalue weighted by molar-refractivity contribution is 0.143. The third-order valence-electron chi connectivity index (χ3n) is 3.59. The largest absolute Gasteiger partial charge is 0.392 e. The molecule has 2 atom stereocenters. The number of aromatic nitrogens is 2. The van der Waals surface area contributed by atoms with Crippen molar-refractivity contribution in [1.29, 1.82) is 0 Å². The van der Waals surface area contributed by atoms with Gasteiger partial charge in [0.25, 0.3) is 0 Å². The van der Waals surface area contributed by atoms with Crippen LogP contribution < -0.4 is 0 Å². The number of rotatable bonds is 3. The van der Waals surface area contributed by atoms with Crippen molar-refractivity contribution in [2.75, 3.05) is 0 Å². The van der Waals surface area contributed by atoms with Crippen LogP contribution in [0.4, 0.5) is 0 Å². The van der Waals surface area contributed by atoms with E-state index in [9.17, 15) is 5.11 Å². The van der Waals surface area contributed by atoms with Crippen molar-refractivity contribution in [1.82, 2.24) is 9.97 Å². The van der Waals surface area contributed by atoms with Crippen molar-refractivity contribution in [3.05, 3.63) is 23.3 Å². The molecule has 1 N–H and O–H groups in total. The van der Waals surface area contributed by atoms with Gasteiger partial charge in [0.05, 0.1) is 11.8 Å². The molecule has 3 heteroatoms. The number of aryl methyl sites for hydroxylation is 1. The lowest BCUT2D eigenvalue weighted by Gasteiger charge is -2.23. The fourth-order valence-electron chi connectivity index (χ4n) is 2.47. The summed E-state index contributed by atoms with van der Waals surface area (Å²) in [6.45, 7) is 4.07. The summed E-state index contributed by atoms with van der Waals surface area (Å²) in [5.74, 6) is 0.125. The van der Waals surface area contributed by atoms with E-state index in [1.54, 1.807) is 6.33 Å². The van der Waals surface area contributed by atoms with E-state index in [4.69, 9.17) is 0 Å². The first-order chi connectivity index (χ1) is 7.74. The molecule has 1 aliphatic carbocycles. The monoisotopic (exact) mass is 220 g/mol. The number of hydrogen-bond acceptors (Lipinski definition) is 3. The molecule has 3 nitrogen and oxygen atoms in total. The van der Waals surface area contributed by atoms with Crippen LogP contribution in [0.3, 0.4) is 0 Å². The second-order valence-electron chi connectivity index (χ2n) is 4.66. The van der Waals surface area contributed by atoms with Crippen LogP contribution in [0.5, 0.6) is 0 Å². The first kappa shape index (κ1) is 11.5. The van der Waals surface area contributed by atoms with Crippen molar-refractivity contribution in [2.24, 2.45) is 0 Å². The minimum Gasteiger partial charge on any atom is -0.392 e. The number of aliphatic hydroxyl groups is 1. The van der Waals surface area contributed by atoms with Crippen LogP contribution in [0.15, 0.2) is 6.33 Å². The van der Waals surface area contributed by atoms with Gasteiger partial charge in [-0.15, -0.1) is 0 Å². The summed E-state index contributed by atoms with van der Waals surface area (Å²) in [6.07, 6.45) is 6.74. The van der Waals surface area contributed by atoms with Gasteiger partial charge in [-0.3, -0.25) is 0 Å². The van der Waals surface area contributed by atoms with Gasteiger partial charge in [-0.25, -0.2) is 9.97 Å². The number of hydrogen-bond donors (Lipinski definition) is 1. The molecule has 0 saturated carbocycles. The molecule has 0 bridgehead atoms. The van der Waals surface area contributed by atoms with Crippen molar-refractivity contribution >= 4 is 0 Å². The minimum absolute atomic E-state index is 0.125. The summed E-state index contributed by atoms with van der Waals surface area (Å²) in [7, 11) is 0. The third-order valence-corrected chi connectivity index (χ3v) is 3.59. The average Bonchev–Trinajstić information content (AvgIpc) is 2.36. The molecule has 88 valence electrons. The lowest BCUT2D eigenvalue weighted by atomic mass is 9.88. The van der Waals surface area contributed by atoms with Gasteiger partial charge in [-0.2, -0.15) is 0 Å². The normalized spacial score (nSPS) is 18.9. The van der Waals surface area contributed by atoms with E-state index in [2.05, 4.69) is 16.9 Å². The van der Waals surface area contributed by atoms with Crippen molar-refractivity contribution in [3.8, 4) is 0 Å². The van der Waals surface area contributed by atoms with Gasteiger partial charge in [0.1, 0.15) is 6.33 Å². The van der Waals surface area contributed by atoms with E-state index < -0.39 is 0 Å². The molecule has 1 heterocycles. The lowest BCUT2D eigenvalue weighted by Crippen LogP contribution is -2.20. The maximum Gasteiger partial charge on any atom is 0.115 e. The van der Waals surface area contributed by atoms with Gasteiger partial charge in [-0.1, -0.05) is 13.8 Å². The molecule has 0 radical (unpaired) electrons. The SMILES string of the molecule is CCC(O)C(C)c1ncnc2c1CCCC2. The van der Waals surface area contributed by atoms with Gasteiger partial charge < -0.3 is 5.11 Å². The number of aliphatic hydroxyl groups excluding tert-OH is 1. The Morgan fingerprint density at radius 2 is 2.06 bits per heavy atom. The zero-order chi connectivity index (χ0) is 11.5. The van der Waals surface area contributed by atoms with E-state index in [1.165, 1.54) is 24.1 Å². The van der Waals surface area contributed by atoms with Crippen LogP contribution in [0.2, 0.25) is 0 Å². The molecule has 1 aliphatic rings. The molecule has 0 spiro atoms. The first-order valence-electron chi connectivity index (χ1n) is 6.24. The highest BCUT2D eigenvalue weighted by Crippen LogP contribution is 2.28. The Hall–Kier alpha value is -0.960. The number of fused-ring (bicyclic) bond motifs is 1. The molecule has 2 rings (SSSR count). The predicted octanol–water partition coefficient (Wildman–Crippen LogP) is 2.23. The van der Waals surface area contributed by atoms with Gasteiger partial charge in [0, 0.05) is 11.6 Å². The van der Waals surface area contributed by atoms with Gasteiger partial charge >= 0.3 is 0 Å². The minimum atomic E-state index is -0.291. The second-order valence-corrected chi connectivity index (χ2v) is 4.66.